The molecule has 0 bridgehead atoms. The van der Waals surface area contributed by atoms with E-state index in [9.17, 15) is 0 Å². The van der Waals surface area contributed by atoms with Crippen molar-refractivity contribution in [2.24, 2.45) is 0 Å². The number of nitrogens with zero attached hydrogens (tertiary/aromatic N) is 3. The smallest absolute Gasteiger partial charge is 0.124 e. The summed E-state index contributed by atoms with van der Waals surface area (Å²) < 4.78 is 8.87. The summed E-state index contributed by atoms with van der Waals surface area (Å²) in [5, 5.41) is 3.45. The van der Waals surface area contributed by atoms with E-state index in [0.29, 0.717) is 0 Å². The van der Waals surface area contributed by atoms with E-state index in [4.69, 9.17) is 9.40 Å². The lowest BCUT2D eigenvalue weighted by Gasteiger charge is -2.10. The van der Waals surface area contributed by atoms with Crippen LogP contribution in [0.4, 0.5) is 0 Å². The number of benzene rings is 4. The third kappa shape index (κ3) is 3.59. The Morgan fingerprint density at radius 2 is 1.56 bits per heavy atom. The van der Waals surface area contributed by atoms with Crippen LogP contribution in [0.25, 0.3) is 70.7 Å². The molecule has 0 atom stereocenters. The van der Waals surface area contributed by atoms with Gasteiger partial charge >= 0.3 is 0 Å². The second kappa shape index (κ2) is 8.79. The first-order valence-corrected chi connectivity index (χ1v) is 13.6. The number of rotatable bonds is 4. The summed E-state index contributed by atoms with van der Waals surface area (Å²) in [6, 6.07) is 38.2. The van der Waals surface area contributed by atoms with Gasteiger partial charge in [-0.1, -0.05) is 60.7 Å². The molecule has 5 heteroatoms. The maximum absolute atomic E-state index is 5.36. The summed E-state index contributed by atoms with van der Waals surface area (Å²) in [6.07, 6.45) is 5.34. The summed E-state index contributed by atoms with van der Waals surface area (Å²) in [6.45, 7) is 0. The molecule has 0 saturated heterocycles. The summed E-state index contributed by atoms with van der Waals surface area (Å²) in [5.74, 6) is 0. The van der Waals surface area contributed by atoms with Gasteiger partial charge in [0, 0.05) is 44.9 Å². The number of hydrogen-bond acceptors (Lipinski definition) is 4. The van der Waals surface area contributed by atoms with Gasteiger partial charge in [0.25, 0.3) is 0 Å². The molecule has 0 unspecified atom stereocenters. The Morgan fingerprint density at radius 3 is 2.46 bits per heavy atom. The second-order valence-electron chi connectivity index (χ2n) is 9.53. The van der Waals surface area contributed by atoms with Crippen LogP contribution in [0.15, 0.2) is 132 Å². The summed E-state index contributed by atoms with van der Waals surface area (Å²) >= 11 is 1.72. The van der Waals surface area contributed by atoms with E-state index in [1.165, 1.54) is 16.3 Å². The lowest BCUT2D eigenvalue weighted by molar-refractivity contribution is 0.568. The minimum absolute atomic E-state index is 0.962. The number of para-hydroxylation sites is 1. The fourth-order valence-electron chi connectivity index (χ4n) is 5.44. The molecule has 8 aromatic rings. The molecule has 4 heterocycles. The van der Waals surface area contributed by atoms with Gasteiger partial charge in [-0.2, -0.15) is 0 Å². The van der Waals surface area contributed by atoms with E-state index >= 15 is 0 Å². The Labute approximate surface area is 228 Å². The van der Waals surface area contributed by atoms with Crippen LogP contribution < -0.4 is 0 Å². The molecule has 39 heavy (non-hydrogen) atoms. The Bertz CT molecular complexity index is 2120. The van der Waals surface area contributed by atoms with Crippen molar-refractivity contribution >= 4 is 43.4 Å². The summed E-state index contributed by atoms with van der Waals surface area (Å²) in [4.78, 5) is 9.61. The van der Waals surface area contributed by atoms with Crippen molar-refractivity contribution in [3.8, 4) is 38.6 Å². The normalized spacial score (nSPS) is 11.6. The van der Waals surface area contributed by atoms with Crippen LogP contribution in [0.2, 0.25) is 0 Å². The topological polar surface area (TPSA) is 43.9 Å². The molecule has 0 amide bonds. The van der Waals surface area contributed by atoms with Crippen molar-refractivity contribution in [2.45, 2.75) is 0 Å². The van der Waals surface area contributed by atoms with Gasteiger partial charge in [-0.15, -0.1) is 11.3 Å². The minimum Gasteiger partial charge on any atom is -0.472 e. The fourth-order valence-corrected chi connectivity index (χ4v) is 6.53. The minimum atomic E-state index is 0.962. The zero-order valence-electron chi connectivity index (χ0n) is 20.8. The molecule has 4 aromatic heterocycles. The van der Waals surface area contributed by atoms with Crippen LogP contribution >= 0.6 is 11.3 Å². The molecule has 0 spiro atoms. The average molecular weight is 520 g/mol. The van der Waals surface area contributed by atoms with Crippen molar-refractivity contribution in [3.05, 3.63) is 128 Å². The molecule has 8 rings (SSSR count). The quantitative estimate of drug-likeness (QED) is 0.233. The standard InChI is InChI=1S/C34H21N3OS/c1-2-13-31-27(9-1)28-15-14-23(34-36-30-12-6-10-26(33(30)39-34)24-16-18-38-21-24)20-32(28)37(31)25-8-5-7-22(19-25)29-11-3-4-17-35-29/h1-21H. The van der Waals surface area contributed by atoms with Gasteiger partial charge in [0.1, 0.15) is 5.01 Å². The van der Waals surface area contributed by atoms with Crippen molar-refractivity contribution in [3.63, 3.8) is 0 Å². The lowest BCUT2D eigenvalue weighted by Crippen LogP contribution is -1.95. The van der Waals surface area contributed by atoms with Crippen LogP contribution in [-0.2, 0) is 0 Å². The van der Waals surface area contributed by atoms with E-state index in [1.54, 1.807) is 23.9 Å². The van der Waals surface area contributed by atoms with Crippen LogP contribution in [0.5, 0.6) is 0 Å². The van der Waals surface area contributed by atoms with Crippen LogP contribution in [0.3, 0.4) is 0 Å². The SMILES string of the molecule is c1ccc(-c2cccc(-n3c4ccccc4c4ccc(-c5nc6cccc(-c7ccoc7)c6s5)cc43)c2)nc1. The van der Waals surface area contributed by atoms with Crippen molar-refractivity contribution < 1.29 is 4.42 Å². The van der Waals surface area contributed by atoms with Crippen LogP contribution in [-0.4, -0.2) is 14.5 Å². The van der Waals surface area contributed by atoms with Gasteiger partial charge in [-0.05, 0) is 48.5 Å². The maximum atomic E-state index is 5.36. The highest BCUT2D eigenvalue weighted by Gasteiger charge is 2.16. The number of thiazole rings is 1. The Hall–Kier alpha value is -5.00. The molecule has 0 fully saturated rings. The number of aromatic nitrogens is 3. The molecule has 0 saturated carbocycles. The molecule has 0 N–H and O–H groups in total. The summed E-state index contributed by atoms with van der Waals surface area (Å²) in [7, 11) is 0. The Morgan fingerprint density at radius 1 is 0.667 bits per heavy atom. The average Bonchev–Trinajstić information content (AvgIpc) is 3.75. The Balaban J connectivity index is 1.34. The highest BCUT2D eigenvalue weighted by atomic mass is 32.1. The van der Waals surface area contributed by atoms with E-state index in [-0.39, 0.29) is 0 Å². The molecular formula is C34H21N3OS. The predicted octanol–water partition coefficient (Wildman–Crippen LogP) is 9.38. The molecular weight excluding hydrogens is 498 g/mol. The molecule has 0 aliphatic rings. The molecule has 0 aliphatic heterocycles. The summed E-state index contributed by atoms with van der Waals surface area (Å²) in [5.41, 5.74) is 9.80. The number of furan rings is 1. The van der Waals surface area contributed by atoms with Gasteiger partial charge in [-0.25, -0.2) is 4.98 Å². The first kappa shape index (κ1) is 22.0. The van der Waals surface area contributed by atoms with E-state index < -0.39 is 0 Å². The van der Waals surface area contributed by atoms with Gasteiger partial charge in [-0.3, -0.25) is 4.98 Å². The molecule has 4 aromatic carbocycles. The number of hydrogen-bond donors (Lipinski definition) is 0. The number of pyridine rings is 1. The van der Waals surface area contributed by atoms with E-state index in [2.05, 4.69) is 94.5 Å². The van der Waals surface area contributed by atoms with Gasteiger partial charge in [0.2, 0.25) is 0 Å². The van der Waals surface area contributed by atoms with Crippen LogP contribution in [0, 0.1) is 0 Å². The monoisotopic (exact) mass is 519 g/mol. The van der Waals surface area contributed by atoms with Gasteiger partial charge in [0.15, 0.2) is 0 Å². The van der Waals surface area contributed by atoms with Gasteiger partial charge < -0.3 is 8.98 Å². The lowest BCUT2D eigenvalue weighted by atomic mass is 10.1. The highest BCUT2D eigenvalue weighted by molar-refractivity contribution is 7.22. The van der Waals surface area contributed by atoms with E-state index in [0.717, 1.165) is 54.4 Å². The largest absolute Gasteiger partial charge is 0.472 e. The maximum Gasteiger partial charge on any atom is 0.124 e. The Kier molecular flexibility index (Phi) is 4.96. The first-order valence-electron chi connectivity index (χ1n) is 12.8. The zero-order valence-corrected chi connectivity index (χ0v) is 21.6. The van der Waals surface area contributed by atoms with Gasteiger partial charge in [0.05, 0.1) is 39.5 Å². The fraction of sp³-hybridized carbons (Fsp3) is 0. The molecule has 0 aliphatic carbocycles. The molecule has 4 nitrogen and oxygen atoms in total. The molecule has 0 radical (unpaired) electrons. The molecule has 184 valence electrons. The van der Waals surface area contributed by atoms with Crippen molar-refractivity contribution in [2.75, 3.05) is 0 Å². The highest BCUT2D eigenvalue weighted by Crippen LogP contribution is 2.40. The predicted molar refractivity (Wildman–Crippen MR) is 160 cm³/mol. The van der Waals surface area contributed by atoms with E-state index in [1.807, 2.05) is 30.5 Å². The first-order chi connectivity index (χ1) is 19.3. The third-order valence-corrected chi connectivity index (χ3v) is 8.39. The third-order valence-electron chi connectivity index (χ3n) is 7.23. The van der Waals surface area contributed by atoms with Crippen molar-refractivity contribution in [1.29, 1.82) is 0 Å². The zero-order chi connectivity index (χ0) is 25.8. The van der Waals surface area contributed by atoms with Crippen LogP contribution in [0.1, 0.15) is 0 Å². The van der Waals surface area contributed by atoms with Crippen molar-refractivity contribution in [1.82, 2.24) is 14.5 Å². The number of fused-ring (bicyclic) bond motifs is 4. The second-order valence-corrected chi connectivity index (χ2v) is 10.5.